The van der Waals surface area contributed by atoms with Crippen molar-refractivity contribution in [1.82, 2.24) is 0 Å². The van der Waals surface area contributed by atoms with Crippen LogP contribution >= 0.6 is 7.82 Å². The number of rotatable bonds is 9. The molecule has 21 heavy (non-hydrogen) atoms. The van der Waals surface area contributed by atoms with Crippen LogP contribution < -0.4 is 0 Å². The maximum atomic E-state index is 10.6. The first-order valence-electron chi connectivity index (χ1n) is 6.16. The number of hydrogen-bond acceptors (Lipinski definition) is 6. The molecule has 1 aromatic rings. The van der Waals surface area contributed by atoms with Gasteiger partial charge in [0.25, 0.3) is 0 Å². The summed E-state index contributed by atoms with van der Waals surface area (Å²) < 4.78 is 20.1. The van der Waals surface area contributed by atoms with E-state index in [2.05, 4.69) is 4.52 Å². The zero-order valence-corrected chi connectivity index (χ0v) is 12.0. The molecule has 120 valence electrons. The Morgan fingerprint density at radius 1 is 1.10 bits per heavy atom. The summed E-state index contributed by atoms with van der Waals surface area (Å²) in [6.07, 6.45) is -4.17. The summed E-state index contributed by atoms with van der Waals surface area (Å²) in [4.78, 5) is 17.2. The fourth-order valence-corrected chi connectivity index (χ4v) is 1.96. The van der Waals surface area contributed by atoms with E-state index in [1.165, 1.54) is 0 Å². The van der Waals surface area contributed by atoms with Crippen molar-refractivity contribution < 1.29 is 38.9 Å². The Morgan fingerprint density at radius 2 is 1.71 bits per heavy atom. The third kappa shape index (κ3) is 7.12. The van der Waals surface area contributed by atoms with Gasteiger partial charge in [-0.1, -0.05) is 30.3 Å². The Balaban J connectivity index is 2.60. The molecule has 0 radical (unpaired) electrons. The maximum Gasteiger partial charge on any atom is 0.469 e. The second-order valence-corrected chi connectivity index (χ2v) is 5.60. The predicted molar refractivity (Wildman–Crippen MR) is 72.1 cm³/mol. The quantitative estimate of drug-likeness (QED) is 0.380. The fourth-order valence-electron chi connectivity index (χ4n) is 1.62. The third-order valence-corrected chi connectivity index (χ3v) is 3.13. The minimum atomic E-state index is -4.73. The molecule has 0 spiro atoms. The van der Waals surface area contributed by atoms with E-state index in [4.69, 9.17) is 19.6 Å². The van der Waals surface area contributed by atoms with Gasteiger partial charge in [-0.05, 0) is 5.56 Å². The van der Waals surface area contributed by atoms with E-state index < -0.39 is 39.3 Å². The molecule has 0 heterocycles. The van der Waals surface area contributed by atoms with Gasteiger partial charge >= 0.3 is 7.82 Å². The molecule has 1 aromatic carbocycles. The van der Waals surface area contributed by atoms with Crippen molar-refractivity contribution in [2.24, 2.45) is 0 Å². The van der Waals surface area contributed by atoms with Crippen molar-refractivity contribution in [2.45, 2.75) is 24.9 Å². The van der Waals surface area contributed by atoms with E-state index in [0.717, 1.165) is 5.56 Å². The topological polar surface area (TPSA) is 137 Å². The summed E-state index contributed by atoms with van der Waals surface area (Å²) in [7, 11) is -4.73. The van der Waals surface area contributed by atoms with Gasteiger partial charge in [-0.25, -0.2) is 4.57 Å². The van der Waals surface area contributed by atoms with Gasteiger partial charge in [-0.15, -0.1) is 0 Å². The monoisotopic (exact) mass is 322 g/mol. The number of ether oxygens (including phenoxy) is 1. The Morgan fingerprint density at radius 3 is 2.24 bits per heavy atom. The molecule has 1 rings (SSSR count). The highest BCUT2D eigenvalue weighted by Crippen LogP contribution is 2.36. The highest BCUT2D eigenvalue weighted by Gasteiger charge is 2.30. The van der Waals surface area contributed by atoms with E-state index >= 15 is 0 Å². The highest BCUT2D eigenvalue weighted by molar-refractivity contribution is 7.46. The van der Waals surface area contributed by atoms with Crippen molar-refractivity contribution in [2.75, 3.05) is 13.2 Å². The molecule has 0 aliphatic heterocycles. The second kappa shape index (κ2) is 8.57. The fraction of sp³-hybridized carbons (Fsp3) is 0.500. The molecule has 5 N–H and O–H groups in total. The average Bonchev–Trinajstić information content (AvgIpc) is 2.45. The zero-order valence-electron chi connectivity index (χ0n) is 11.1. The number of phosphoric ester groups is 1. The Bertz CT molecular complexity index is 448. The third-order valence-electron chi connectivity index (χ3n) is 2.64. The lowest BCUT2D eigenvalue weighted by molar-refractivity contribution is -0.128. The molecule has 3 atom stereocenters. The van der Waals surface area contributed by atoms with Crippen LogP contribution in [0.3, 0.4) is 0 Å². The average molecular weight is 322 g/mol. The van der Waals surface area contributed by atoms with Crippen LogP contribution in [0.15, 0.2) is 30.3 Å². The number of aliphatic hydroxyl groups is 3. The van der Waals surface area contributed by atoms with Crippen LogP contribution in [-0.4, -0.2) is 56.6 Å². The molecule has 3 unspecified atom stereocenters. The normalized spacial score (nSPS) is 16.4. The standard InChI is InChI=1S/C12H19O8P/c13-6-10(14)12(11(15)8-20-21(16,17)18)19-7-9-4-2-1-3-5-9/h1-5,10-15H,6-8H2,(H2,16,17,18). The molecular formula is C12H19O8P. The Kier molecular flexibility index (Phi) is 7.44. The molecule has 0 aliphatic carbocycles. The SMILES string of the molecule is O=P(O)(O)OCC(O)C(OCc1ccccc1)C(O)CO. The minimum Gasteiger partial charge on any atom is -0.394 e. The molecule has 0 saturated carbocycles. The molecule has 8 nitrogen and oxygen atoms in total. The summed E-state index contributed by atoms with van der Waals surface area (Å²) in [6, 6.07) is 8.90. The van der Waals surface area contributed by atoms with Gasteiger partial charge in [0, 0.05) is 0 Å². The van der Waals surface area contributed by atoms with Crippen LogP contribution in [-0.2, 0) is 20.4 Å². The smallest absolute Gasteiger partial charge is 0.394 e. The van der Waals surface area contributed by atoms with Crippen molar-refractivity contribution in [3.63, 3.8) is 0 Å². The van der Waals surface area contributed by atoms with Gasteiger partial charge in [0.1, 0.15) is 18.3 Å². The molecule has 0 saturated heterocycles. The summed E-state index contributed by atoms with van der Waals surface area (Å²) in [5, 5.41) is 28.3. The van der Waals surface area contributed by atoms with Crippen LogP contribution in [0.4, 0.5) is 0 Å². The molecule has 0 amide bonds. The molecule has 0 aromatic heterocycles. The first-order valence-corrected chi connectivity index (χ1v) is 7.69. The van der Waals surface area contributed by atoms with Crippen LogP contribution in [0.1, 0.15) is 5.56 Å². The number of aliphatic hydroxyl groups excluding tert-OH is 3. The van der Waals surface area contributed by atoms with Crippen molar-refractivity contribution in [3.05, 3.63) is 35.9 Å². The van der Waals surface area contributed by atoms with E-state index in [1.807, 2.05) is 6.07 Å². The first kappa shape index (κ1) is 18.2. The summed E-state index contributed by atoms with van der Waals surface area (Å²) in [5.41, 5.74) is 0.774. The first-order chi connectivity index (χ1) is 9.83. The van der Waals surface area contributed by atoms with E-state index in [1.54, 1.807) is 24.3 Å². The number of benzene rings is 1. The van der Waals surface area contributed by atoms with Gasteiger partial charge in [0.15, 0.2) is 0 Å². The van der Waals surface area contributed by atoms with Crippen molar-refractivity contribution in [1.29, 1.82) is 0 Å². The van der Waals surface area contributed by atoms with Crippen LogP contribution in [0, 0.1) is 0 Å². The van der Waals surface area contributed by atoms with Gasteiger partial charge in [0.05, 0.1) is 19.8 Å². The van der Waals surface area contributed by atoms with Crippen molar-refractivity contribution >= 4 is 7.82 Å². The Labute approximate surface area is 121 Å². The summed E-state index contributed by atoms with van der Waals surface area (Å²) in [6.45, 7) is -1.36. The van der Waals surface area contributed by atoms with Gasteiger partial charge in [-0.3, -0.25) is 4.52 Å². The molecule has 9 heteroatoms. The molecular weight excluding hydrogens is 303 g/mol. The summed E-state index contributed by atoms with van der Waals surface area (Å²) >= 11 is 0. The predicted octanol–water partition coefficient (Wildman–Crippen LogP) is -0.605. The van der Waals surface area contributed by atoms with E-state index in [0.29, 0.717) is 0 Å². The number of hydrogen-bond donors (Lipinski definition) is 5. The molecule has 0 bridgehead atoms. The van der Waals surface area contributed by atoms with Crippen molar-refractivity contribution in [3.8, 4) is 0 Å². The van der Waals surface area contributed by atoms with Gasteiger partial charge < -0.3 is 29.8 Å². The van der Waals surface area contributed by atoms with Gasteiger partial charge in [-0.2, -0.15) is 0 Å². The van der Waals surface area contributed by atoms with Gasteiger partial charge in [0.2, 0.25) is 0 Å². The maximum absolute atomic E-state index is 10.6. The Hall–Kier alpha value is -0.830. The minimum absolute atomic E-state index is 0.0511. The van der Waals surface area contributed by atoms with E-state index in [9.17, 15) is 14.8 Å². The zero-order chi connectivity index (χ0) is 15.9. The molecule has 0 aliphatic rings. The lowest BCUT2D eigenvalue weighted by Gasteiger charge is -2.26. The lowest BCUT2D eigenvalue weighted by Crippen LogP contribution is -2.43. The summed E-state index contributed by atoms with van der Waals surface area (Å²) in [5.74, 6) is 0. The largest absolute Gasteiger partial charge is 0.469 e. The lowest BCUT2D eigenvalue weighted by atomic mass is 10.1. The van der Waals surface area contributed by atoms with Crippen LogP contribution in [0.25, 0.3) is 0 Å². The molecule has 0 fully saturated rings. The van der Waals surface area contributed by atoms with Crippen LogP contribution in [0.2, 0.25) is 0 Å². The number of phosphoric acid groups is 1. The second-order valence-electron chi connectivity index (χ2n) is 4.36. The van der Waals surface area contributed by atoms with E-state index in [-0.39, 0.29) is 6.61 Å². The van der Waals surface area contributed by atoms with Crippen LogP contribution in [0.5, 0.6) is 0 Å². The highest BCUT2D eigenvalue weighted by atomic mass is 31.2.